The van der Waals surface area contributed by atoms with Crippen LogP contribution in [0.1, 0.15) is 22.3 Å². The maximum Gasteiger partial charge on any atom is 0.261 e. The lowest BCUT2D eigenvalue weighted by Gasteiger charge is -2.27. The Bertz CT molecular complexity index is 1100. The number of anilines is 1. The molecule has 32 heavy (non-hydrogen) atoms. The molecule has 1 aliphatic heterocycles. The van der Waals surface area contributed by atoms with Gasteiger partial charge in [0.25, 0.3) is 5.91 Å². The molecule has 0 unspecified atom stereocenters. The third-order valence-corrected chi connectivity index (χ3v) is 7.04. The minimum atomic E-state index is -0.211. The molecule has 0 radical (unpaired) electrons. The van der Waals surface area contributed by atoms with Gasteiger partial charge in [0.1, 0.15) is 0 Å². The number of benzene rings is 2. The molecule has 0 saturated carbocycles. The summed E-state index contributed by atoms with van der Waals surface area (Å²) in [5.41, 5.74) is 2.20. The largest absolute Gasteiger partial charge is 0.379 e. The van der Waals surface area contributed by atoms with Gasteiger partial charge >= 0.3 is 0 Å². The minimum Gasteiger partial charge on any atom is -0.379 e. The highest BCUT2D eigenvalue weighted by atomic mass is 35.5. The number of hydrogen-bond donors (Lipinski definition) is 0. The first-order chi connectivity index (χ1) is 14.9. The van der Waals surface area contributed by atoms with E-state index in [2.05, 4.69) is 4.90 Å². The van der Waals surface area contributed by atoms with Gasteiger partial charge in [0.05, 0.1) is 34.0 Å². The number of carbonyl (C=O) groups excluding carboxylic acids is 1. The fourth-order valence-electron chi connectivity index (χ4n) is 3.63. The summed E-state index contributed by atoms with van der Waals surface area (Å²) in [6, 6.07) is 8.69. The van der Waals surface area contributed by atoms with E-state index in [9.17, 15) is 4.79 Å². The zero-order chi connectivity index (χ0) is 22.0. The van der Waals surface area contributed by atoms with Crippen LogP contribution >= 0.6 is 58.5 Å². The lowest BCUT2D eigenvalue weighted by atomic mass is 10.2. The summed E-state index contributed by atoms with van der Waals surface area (Å²) in [4.78, 5) is 22.3. The second-order valence-electron chi connectivity index (χ2n) is 7.45. The number of morpholine rings is 1. The first-order valence-electron chi connectivity index (χ1n) is 10.1. The van der Waals surface area contributed by atoms with E-state index in [1.54, 1.807) is 23.1 Å². The Morgan fingerprint density at radius 1 is 1.16 bits per heavy atom. The Kier molecular flexibility index (Phi) is 9.04. The average molecular weight is 535 g/mol. The smallest absolute Gasteiger partial charge is 0.261 e. The number of ether oxygens (including phenoxy) is 1. The van der Waals surface area contributed by atoms with Crippen molar-refractivity contribution in [3.05, 3.63) is 56.5 Å². The van der Waals surface area contributed by atoms with Crippen molar-refractivity contribution >= 4 is 79.8 Å². The van der Waals surface area contributed by atoms with E-state index >= 15 is 0 Å². The summed E-state index contributed by atoms with van der Waals surface area (Å²) in [7, 11) is 0. The molecule has 1 aromatic heterocycles. The molecule has 2 heterocycles. The Labute approximate surface area is 212 Å². The molecular formula is C22H23Cl4N3O2S. The van der Waals surface area contributed by atoms with Crippen LogP contribution in [0.15, 0.2) is 30.3 Å². The molecule has 172 valence electrons. The summed E-state index contributed by atoms with van der Waals surface area (Å²) in [6.07, 6.45) is 0.805. The monoisotopic (exact) mass is 533 g/mol. The van der Waals surface area contributed by atoms with Gasteiger partial charge in [-0.25, -0.2) is 4.98 Å². The fourth-order valence-corrected chi connectivity index (χ4v) is 5.44. The highest BCUT2D eigenvalue weighted by Crippen LogP contribution is 2.34. The van der Waals surface area contributed by atoms with Crippen molar-refractivity contribution in [1.29, 1.82) is 0 Å². The summed E-state index contributed by atoms with van der Waals surface area (Å²) in [6.45, 7) is 6.69. The molecule has 0 spiro atoms. The molecule has 0 bridgehead atoms. The topological polar surface area (TPSA) is 45.7 Å². The standard InChI is InChI=1S/C22H22Cl3N3O2S.ClH/c1-14-11-16(24)13-19-20(14)26-22(31-19)28(6-2-5-27-7-9-30-10-8-27)21(29)17-12-15(23)3-4-18(17)25;/h3-4,11-13H,2,5-10H2,1H3;1H. The highest BCUT2D eigenvalue weighted by Gasteiger charge is 2.24. The van der Waals surface area contributed by atoms with Gasteiger partial charge in [-0.05, 0) is 49.2 Å². The molecule has 0 aliphatic carbocycles. The van der Waals surface area contributed by atoms with Gasteiger partial charge in [-0.15, -0.1) is 12.4 Å². The third-order valence-electron chi connectivity index (χ3n) is 5.23. The van der Waals surface area contributed by atoms with Crippen LogP contribution in [0.2, 0.25) is 15.1 Å². The predicted octanol–water partition coefficient (Wildman–Crippen LogP) is 6.36. The Balaban J connectivity index is 0.00000289. The summed E-state index contributed by atoms with van der Waals surface area (Å²) in [5.74, 6) is -0.211. The second-order valence-corrected chi connectivity index (χ2v) is 9.74. The molecular weight excluding hydrogens is 512 g/mol. The molecule has 4 rings (SSSR count). The van der Waals surface area contributed by atoms with Gasteiger partial charge < -0.3 is 4.74 Å². The van der Waals surface area contributed by atoms with Crippen LogP contribution in [0, 0.1) is 6.92 Å². The zero-order valence-corrected chi connectivity index (χ0v) is 21.3. The number of thiazole rings is 1. The lowest BCUT2D eigenvalue weighted by Crippen LogP contribution is -2.39. The molecule has 0 N–H and O–H groups in total. The van der Waals surface area contributed by atoms with E-state index in [4.69, 9.17) is 44.5 Å². The number of aromatic nitrogens is 1. The van der Waals surface area contributed by atoms with Gasteiger partial charge in [0.2, 0.25) is 0 Å². The quantitative estimate of drug-likeness (QED) is 0.369. The fraction of sp³-hybridized carbons (Fsp3) is 0.364. The lowest BCUT2D eigenvalue weighted by molar-refractivity contribution is 0.0376. The van der Waals surface area contributed by atoms with Gasteiger partial charge in [-0.3, -0.25) is 14.6 Å². The second kappa shape index (κ2) is 11.3. The summed E-state index contributed by atoms with van der Waals surface area (Å²) < 4.78 is 6.37. The van der Waals surface area contributed by atoms with Crippen molar-refractivity contribution < 1.29 is 9.53 Å². The number of halogens is 4. The van der Waals surface area contributed by atoms with Gasteiger partial charge in [0, 0.05) is 36.2 Å². The number of fused-ring (bicyclic) bond motifs is 1. The van der Waals surface area contributed by atoms with Crippen molar-refractivity contribution in [3.8, 4) is 0 Å². The maximum atomic E-state index is 13.5. The van der Waals surface area contributed by atoms with Crippen molar-refractivity contribution in [2.45, 2.75) is 13.3 Å². The van der Waals surface area contributed by atoms with Crippen LogP contribution in [0.5, 0.6) is 0 Å². The predicted molar refractivity (Wildman–Crippen MR) is 137 cm³/mol. The number of carbonyl (C=O) groups is 1. The number of rotatable bonds is 6. The highest BCUT2D eigenvalue weighted by molar-refractivity contribution is 7.22. The van der Waals surface area contributed by atoms with Crippen LogP contribution in [0.25, 0.3) is 10.2 Å². The van der Waals surface area contributed by atoms with E-state index in [0.29, 0.717) is 32.3 Å². The van der Waals surface area contributed by atoms with Crippen LogP contribution in [0.4, 0.5) is 5.13 Å². The number of aryl methyl sites for hydroxylation is 1. The molecule has 1 amide bonds. The molecule has 10 heteroatoms. The summed E-state index contributed by atoms with van der Waals surface area (Å²) >= 11 is 20.2. The number of hydrogen-bond acceptors (Lipinski definition) is 5. The number of nitrogens with zero attached hydrogens (tertiary/aromatic N) is 3. The normalized spacial score (nSPS) is 14.4. The zero-order valence-electron chi connectivity index (χ0n) is 17.4. The van der Waals surface area contributed by atoms with Crippen molar-refractivity contribution in [1.82, 2.24) is 9.88 Å². The van der Waals surface area contributed by atoms with Crippen LogP contribution in [-0.2, 0) is 4.74 Å². The first kappa shape index (κ1) is 25.5. The van der Waals surface area contributed by atoms with E-state index in [-0.39, 0.29) is 18.3 Å². The maximum absolute atomic E-state index is 13.5. The minimum absolute atomic E-state index is 0. The van der Waals surface area contributed by atoms with Crippen molar-refractivity contribution in [2.75, 3.05) is 44.3 Å². The summed E-state index contributed by atoms with van der Waals surface area (Å²) in [5, 5.41) is 2.12. The van der Waals surface area contributed by atoms with Gasteiger partial charge in [-0.2, -0.15) is 0 Å². The Hall–Kier alpha value is -1.12. The van der Waals surface area contributed by atoms with Gasteiger partial charge in [0.15, 0.2) is 5.13 Å². The average Bonchev–Trinajstić information content (AvgIpc) is 3.17. The van der Waals surface area contributed by atoms with Crippen molar-refractivity contribution in [2.24, 2.45) is 0 Å². The molecule has 3 aromatic rings. The van der Waals surface area contributed by atoms with E-state index in [1.165, 1.54) is 11.3 Å². The molecule has 5 nitrogen and oxygen atoms in total. The third kappa shape index (κ3) is 5.86. The molecule has 1 fully saturated rings. The van der Waals surface area contributed by atoms with E-state index in [1.807, 2.05) is 19.1 Å². The van der Waals surface area contributed by atoms with E-state index in [0.717, 1.165) is 55.0 Å². The van der Waals surface area contributed by atoms with E-state index < -0.39 is 0 Å². The molecule has 1 aliphatic rings. The Morgan fingerprint density at radius 2 is 1.91 bits per heavy atom. The van der Waals surface area contributed by atoms with Crippen LogP contribution in [0.3, 0.4) is 0 Å². The molecule has 1 saturated heterocycles. The first-order valence-corrected chi connectivity index (χ1v) is 12.0. The molecule has 0 atom stereocenters. The van der Waals surface area contributed by atoms with Crippen LogP contribution in [-0.4, -0.2) is 55.2 Å². The van der Waals surface area contributed by atoms with Crippen molar-refractivity contribution in [3.63, 3.8) is 0 Å². The molecule has 2 aromatic carbocycles. The Morgan fingerprint density at radius 3 is 2.66 bits per heavy atom. The SMILES string of the molecule is Cc1cc(Cl)cc2sc(N(CCCN3CCOCC3)C(=O)c3cc(Cl)ccc3Cl)nc12.Cl. The number of amides is 1. The van der Waals surface area contributed by atoms with Gasteiger partial charge in [-0.1, -0.05) is 46.1 Å². The van der Waals surface area contributed by atoms with Crippen LogP contribution < -0.4 is 4.90 Å².